The minimum absolute atomic E-state index is 0.00457. The lowest BCUT2D eigenvalue weighted by atomic mass is 10.2. The van der Waals surface area contributed by atoms with Crippen LogP contribution in [0.25, 0.3) is 0 Å². The van der Waals surface area contributed by atoms with E-state index in [-0.39, 0.29) is 16.8 Å². The van der Waals surface area contributed by atoms with Crippen molar-refractivity contribution in [3.63, 3.8) is 0 Å². The molecule has 1 aliphatic rings. The highest BCUT2D eigenvalue weighted by molar-refractivity contribution is 7.92. The number of rotatable bonds is 4. The van der Waals surface area contributed by atoms with Crippen LogP contribution in [-0.4, -0.2) is 38.4 Å². The Morgan fingerprint density at radius 1 is 1.19 bits per heavy atom. The van der Waals surface area contributed by atoms with Crippen molar-refractivity contribution in [3.8, 4) is 0 Å². The molecule has 1 fully saturated rings. The average Bonchev–Trinajstić information content (AvgIpc) is 3.02. The van der Waals surface area contributed by atoms with Crippen molar-refractivity contribution in [1.82, 2.24) is 4.90 Å². The Balaban J connectivity index is 1.84. The number of anilines is 1. The summed E-state index contributed by atoms with van der Waals surface area (Å²) in [6, 6.07) is 11.8. The molecule has 3 N–H and O–H groups in total. The second-order valence-corrected chi connectivity index (χ2v) is 8.41. The summed E-state index contributed by atoms with van der Waals surface area (Å²) in [6.45, 7) is 4.75. The molecule has 1 heterocycles. The molecule has 2 aromatic rings. The van der Waals surface area contributed by atoms with Crippen LogP contribution in [0.15, 0.2) is 47.4 Å². The van der Waals surface area contributed by atoms with Crippen LogP contribution in [0.4, 0.5) is 5.69 Å². The molecule has 7 heteroatoms. The van der Waals surface area contributed by atoms with Crippen molar-refractivity contribution >= 4 is 21.6 Å². The molecule has 0 saturated carbocycles. The smallest absolute Gasteiger partial charge is 0.262 e. The molecule has 1 aliphatic heterocycles. The first-order valence-electron chi connectivity index (χ1n) is 8.51. The first-order valence-corrected chi connectivity index (χ1v) is 9.99. The Bertz CT molecular complexity index is 941. The van der Waals surface area contributed by atoms with Crippen molar-refractivity contribution in [1.29, 1.82) is 0 Å². The molecule has 0 unspecified atom stereocenters. The minimum Gasteiger partial charge on any atom is -0.337 e. The number of nitrogens with zero attached hydrogens (tertiary/aromatic N) is 1. The number of nitrogens with one attached hydrogen (secondary N) is 1. The second-order valence-electron chi connectivity index (χ2n) is 6.76. The normalized spacial score (nSPS) is 17.3. The van der Waals surface area contributed by atoms with Crippen LogP contribution < -0.4 is 10.5 Å². The van der Waals surface area contributed by atoms with Gasteiger partial charge in [-0.2, -0.15) is 0 Å². The molecule has 2 aromatic carbocycles. The van der Waals surface area contributed by atoms with Gasteiger partial charge in [-0.1, -0.05) is 18.2 Å². The summed E-state index contributed by atoms with van der Waals surface area (Å²) in [6.07, 6.45) is 0.782. The molecule has 0 aliphatic carbocycles. The Kier molecular flexibility index (Phi) is 5.02. The van der Waals surface area contributed by atoms with Gasteiger partial charge in [0.05, 0.1) is 4.90 Å². The van der Waals surface area contributed by atoms with Gasteiger partial charge in [0.15, 0.2) is 0 Å². The number of likely N-dealkylation sites (tertiary alicyclic amines) is 1. The fraction of sp³-hybridized carbons (Fsp3) is 0.316. The number of carbonyl (C=O) groups is 1. The van der Waals surface area contributed by atoms with Gasteiger partial charge < -0.3 is 10.6 Å². The zero-order valence-corrected chi connectivity index (χ0v) is 15.7. The maximum absolute atomic E-state index is 12.7. The van der Waals surface area contributed by atoms with Crippen LogP contribution >= 0.6 is 0 Å². The fourth-order valence-electron chi connectivity index (χ4n) is 3.08. The molecule has 1 saturated heterocycles. The fourth-order valence-corrected chi connectivity index (χ4v) is 4.46. The van der Waals surface area contributed by atoms with E-state index in [0.717, 1.165) is 12.0 Å². The van der Waals surface area contributed by atoms with E-state index in [4.69, 9.17) is 5.73 Å². The molecule has 0 bridgehead atoms. The summed E-state index contributed by atoms with van der Waals surface area (Å²) in [5, 5.41) is 0. The van der Waals surface area contributed by atoms with Gasteiger partial charge in [-0.05, 0) is 55.7 Å². The van der Waals surface area contributed by atoms with Crippen molar-refractivity contribution in [2.75, 3.05) is 17.8 Å². The molecule has 3 rings (SSSR count). The topological polar surface area (TPSA) is 92.5 Å². The zero-order chi connectivity index (χ0) is 18.9. The van der Waals surface area contributed by atoms with Crippen LogP contribution in [0.3, 0.4) is 0 Å². The molecule has 0 spiro atoms. The van der Waals surface area contributed by atoms with E-state index in [2.05, 4.69) is 4.72 Å². The van der Waals surface area contributed by atoms with Crippen LogP contribution in [0.2, 0.25) is 0 Å². The molecule has 0 radical (unpaired) electrons. The third kappa shape index (κ3) is 3.89. The highest BCUT2D eigenvalue weighted by atomic mass is 32.2. The predicted molar refractivity (Wildman–Crippen MR) is 102 cm³/mol. The lowest BCUT2D eigenvalue weighted by Gasteiger charge is -2.17. The molecule has 1 atom stereocenters. The molecule has 138 valence electrons. The molecular weight excluding hydrogens is 350 g/mol. The summed E-state index contributed by atoms with van der Waals surface area (Å²) < 4.78 is 28.0. The van der Waals surface area contributed by atoms with Gasteiger partial charge in [0.1, 0.15) is 0 Å². The van der Waals surface area contributed by atoms with Crippen molar-refractivity contribution < 1.29 is 13.2 Å². The van der Waals surface area contributed by atoms with Gasteiger partial charge in [0.25, 0.3) is 15.9 Å². The number of hydrogen-bond acceptors (Lipinski definition) is 4. The Labute approximate surface area is 154 Å². The van der Waals surface area contributed by atoms with Gasteiger partial charge in [0.2, 0.25) is 0 Å². The lowest BCUT2D eigenvalue weighted by Crippen LogP contribution is -2.31. The molecular formula is C19H23N3O3S. The van der Waals surface area contributed by atoms with Crippen molar-refractivity contribution in [2.24, 2.45) is 5.73 Å². The van der Waals surface area contributed by atoms with Gasteiger partial charge >= 0.3 is 0 Å². The van der Waals surface area contributed by atoms with Crippen LogP contribution in [0.5, 0.6) is 0 Å². The van der Waals surface area contributed by atoms with Gasteiger partial charge in [-0.3, -0.25) is 9.52 Å². The minimum atomic E-state index is -3.73. The number of benzene rings is 2. The summed E-state index contributed by atoms with van der Waals surface area (Å²) in [4.78, 5) is 14.5. The zero-order valence-electron chi connectivity index (χ0n) is 14.9. The van der Waals surface area contributed by atoms with E-state index in [0.29, 0.717) is 29.9 Å². The average molecular weight is 373 g/mol. The largest absolute Gasteiger partial charge is 0.337 e. The van der Waals surface area contributed by atoms with Crippen molar-refractivity contribution in [2.45, 2.75) is 31.2 Å². The maximum Gasteiger partial charge on any atom is 0.262 e. The summed E-state index contributed by atoms with van der Waals surface area (Å²) in [7, 11) is -3.73. The number of carbonyl (C=O) groups excluding carboxylic acids is 1. The van der Waals surface area contributed by atoms with Gasteiger partial charge in [0, 0.05) is 30.4 Å². The number of amides is 1. The number of sulfonamides is 1. The standard InChI is InChI=1S/C19H23N3O3S/c1-13-6-7-14(2)18(10-13)26(24,25)21-17-5-3-4-15(11-17)19(23)22-9-8-16(20)12-22/h3-7,10-11,16,21H,8-9,12,20H2,1-2H3/t16-/m1/s1. The third-order valence-electron chi connectivity index (χ3n) is 4.51. The molecule has 26 heavy (non-hydrogen) atoms. The Hall–Kier alpha value is -2.38. The summed E-state index contributed by atoms with van der Waals surface area (Å²) in [5.74, 6) is -0.134. The lowest BCUT2D eigenvalue weighted by molar-refractivity contribution is 0.0791. The highest BCUT2D eigenvalue weighted by Crippen LogP contribution is 2.22. The number of aryl methyl sites for hydroxylation is 2. The molecule has 1 amide bonds. The van der Waals surface area contributed by atoms with Gasteiger partial charge in [-0.25, -0.2) is 8.42 Å². The van der Waals surface area contributed by atoms with E-state index in [1.54, 1.807) is 48.2 Å². The number of nitrogens with two attached hydrogens (primary N) is 1. The van der Waals surface area contributed by atoms with Crippen LogP contribution in [0, 0.1) is 13.8 Å². The predicted octanol–water partition coefficient (Wildman–Crippen LogP) is 2.28. The van der Waals surface area contributed by atoms with Crippen LogP contribution in [-0.2, 0) is 10.0 Å². The van der Waals surface area contributed by atoms with E-state index >= 15 is 0 Å². The van der Waals surface area contributed by atoms with E-state index in [9.17, 15) is 13.2 Å². The quantitative estimate of drug-likeness (QED) is 0.860. The molecule has 6 nitrogen and oxygen atoms in total. The van der Waals surface area contributed by atoms with E-state index in [1.807, 2.05) is 13.0 Å². The summed E-state index contributed by atoms with van der Waals surface area (Å²) >= 11 is 0. The molecule has 0 aromatic heterocycles. The van der Waals surface area contributed by atoms with E-state index in [1.165, 1.54) is 0 Å². The monoisotopic (exact) mass is 373 g/mol. The van der Waals surface area contributed by atoms with E-state index < -0.39 is 10.0 Å². The maximum atomic E-state index is 12.7. The third-order valence-corrected chi connectivity index (χ3v) is 6.03. The SMILES string of the molecule is Cc1ccc(C)c(S(=O)(=O)Nc2cccc(C(=O)N3CC[C@@H](N)C3)c2)c1. The Morgan fingerprint density at radius 2 is 1.96 bits per heavy atom. The van der Waals surface area contributed by atoms with Gasteiger partial charge in [-0.15, -0.1) is 0 Å². The van der Waals surface area contributed by atoms with Crippen molar-refractivity contribution in [3.05, 3.63) is 59.2 Å². The number of hydrogen-bond donors (Lipinski definition) is 2. The first-order chi connectivity index (χ1) is 12.3. The first kappa shape index (κ1) is 18.4. The van der Waals surface area contributed by atoms with Crippen LogP contribution in [0.1, 0.15) is 27.9 Å². The highest BCUT2D eigenvalue weighted by Gasteiger charge is 2.25. The Morgan fingerprint density at radius 3 is 2.65 bits per heavy atom. The summed E-state index contributed by atoms with van der Waals surface area (Å²) in [5.41, 5.74) is 8.20. The second kappa shape index (κ2) is 7.09.